The molecule has 0 saturated carbocycles. The molecular weight excluding hydrogens is 430 g/mol. The summed E-state index contributed by atoms with van der Waals surface area (Å²) in [6.07, 6.45) is 1.32. The minimum atomic E-state index is -1.45. The summed E-state index contributed by atoms with van der Waals surface area (Å²) in [5.41, 5.74) is -0.0305. The molecule has 170 valence electrons. The van der Waals surface area contributed by atoms with E-state index in [-0.39, 0.29) is 11.6 Å². The number of hydrogen-bond acceptors (Lipinski definition) is 6. The molecule has 2 aliphatic rings. The van der Waals surface area contributed by atoms with Gasteiger partial charge in [-0.1, -0.05) is 0 Å². The van der Waals surface area contributed by atoms with E-state index in [4.69, 9.17) is 0 Å². The number of nitrogens with one attached hydrogen (secondary N) is 2. The monoisotopic (exact) mass is 451 g/mol. The largest absolute Gasteiger partial charge is 0.325 e. The van der Waals surface area contributed by atoms with Crippen LogP contribution in [0.15, 0.2) is 48.5 Å². The lowest BCUT2D eigenvalue weighted by molar-refractivity contribution is -0.384. The lowest BCUT2D eigenvalue weighted by Crippen LogP contribution is -2.42. The van der Waals surface area contributed by atoms with Gasteiger partial charge in [-0.15, -0.1) is 0 Å². The Hall–Kier alpha value is -4.28. The zero-order valence-corrected chi connectivity index (χ0v) is 17.7. The van der Waals surface area contributed by atoms with E-state index >= 15 is 0 Å². The number of imide groups is 1. The van der Waals surface area contributed by atoms with Crippen LogP contribution in [0.3, 0.4) is 0 Å². The second kappa shape index (κ2) is 8.34. The third-order valence-corrected chi connectivity index (χ3v) is 5.77. The van der Waals surface area contributed by atoms with Gasteiger partial charge in [0.25, 0.3) is 11.6 Å². The highest BCUT2D eigenvalue weighted by molar-refractivity contribution is 6.10. The summed E-state index contributed by atoms with van der Waals surface area (Å²) in [6.45, 7) is 1.63. The van der Waals surface area contributed by atoms with Crippen LogP contribution in [0, 0.1) is 10.1 Å². The molecule has 1 atom stereocenters. The van der Waals surface area contributed by atoms with E-state index in [1.807, 2.05) is 0 Å². The number of benzene rings is 2. The van der Waals surface area contributed by atoms with Crippen molar-refractivity contribution in [2.45, 2.75) is 25.3 Å². The maximum absolute atomic E-state index is 13.0. The number of anilines is 2. The first-order valence-electron chi connectivity index (χ1n) is 10.3. The molecule has 4 rings (SSSR count). The molecule has 5 amide bonds. The molecule has 0 radical (unpaired) electrons. The number of carbonyl (C=O) groups excluding carboxylic acids is 4. The first-order valence-corrected chi connectivity index (χ1v) is 10.3. The van der Waals surface area contributed by atoms with Crippen LogP contribution in [0.2, 0.25) is 0 Å². The van der Waals surface area contributed by atoms with Crippen molar-refractivity contribution in [3.8, 4) is 0 Å². The van der Waals surface area contributed by atoms with Crippen molar-refractivity contribution in [2.75, 3.05) is 23.3 Å². The molecule has 2 saturated heterocycles. The molecule has 2 aliphatic heterocycles. The van der Waals surface area contributed by atoms with E-state index in [2.05, 4.69) is 10.6 Å². The van der Waals surface area contributed by atoms with Gasteiger partial charge in [-0.05, 0) is 55.3 Å². The summed E-state index contributed by atoms with van der Waals surface area (Å²) in [4.78, 5) is 62.5. The minimum Gasteiger partial charge on any atom is -0.325 e. The Labute approximate surface area is 188 Å². The van der Waals surface area contributed by atoms with Gasteiger partial charge in [0.05, 0.1) is 4.92 Å². The van der Waals surface area contributed by atoms with Crippen LogP contribution in [-0.4, -0.2) is 46.7 Å². The summed E-state index contributed by atoms with van der Waals surface area (Å²) in [6, 6.07) is 11.3. The molecule has 0 aliphatic carbocycles. The van der Waals surface area contributed by atoms with E-state index in [9.17, 15) is 29.3 Å². The van der Waals surface area contributed by atoms with Crippen LogP contribution < -0.4 is 15.5 Å². The van der Waals surface area contributed by atoms with Crippen LogP contribution in [0.4, 0.5) is 21.9 Å². The first-order chi connectivity index (χ1) is 15.7. The number of nitrogens with zero attached hydrogens (tertiary/aromatic N) is 3. The van der Waals surface area contributed by atoms with Gasteiger partial charge >= 0.3 is 6.03 Å². The van der Waals surface area contributed by atoms with Crippen LogP contribution in [0.1, 0.15) is 25.3 Å². The Bertz CT molecular complexity index is 1150. The predicted molar refractivity (Wildman–Crippen MR) is 117 cm³/mol. The summed E-state index contributed by atoms with van der Waals surface area (Å²) in [5, 5.41) is 16.0. The van der Waals surface area contributed by atoms with Crippen LogP contribution in [0.25, 0.3) is 0 Å². The number of nitro benzene ring substituents is 1. The Kier molecular flexibility index (Phi) is 5.54. The molecular formula is C22H21N5O6. The quantitative estimate of drug-likeness (QED) is 0.391. The van der Waals surface area contributed by atoms with Crippen molar-refractivity contribution in [2.24, 2.45) is 0 Å². The normalized spacial score (nSPS) is 20.2. The summed E-state index contributed by atoms with van der Waals surface area (Å²) in [7, 11) is 0. The molecule has 2 aromatic rings. The number of amides is 5. The summed E-state index contributed by atoms with van der Waals surface area (Å²) >= 11 is 0. The smallest absolute Gasteiger partial charge is 0.325 e. The molecule has 11 nitrogen and oxygen atoms in total. The molecule has 0 spiro atoms. The van der Waals surface area contributed by atoms with Gasteiger partial charge < -0.3 is 15.5 Å². The Morgan fingerprint density at radius 2 is 1.79 bits per heavy atom. The van der Waals surface area contributed by atoms with Crippen molar-refractivity contribution >= 4 is 40.8 Å². The number of nitro groups is 1. The topological polar surface area (TPSA) is 142 Å². The fourth-order valence-electron chi connectivity index (χ4n) is 3.94. The second-order valence-corrected chi connectivity index (χ2v) is 7.99. The molecule has 0 bridgehead atoms. The Morgan fingerprint density at radius 1 is 1.12 bits per heavy atom. The van der Waals surface area contributed by atoms with Gasteiger partial charge in [0.1, 0.15) is 12.1 Å². The Morgan fingerprint density at radius 3 is 2.36 bits per heavy atom. The lowest BCUT2D eigenvalue weighted by Gasteiger charge is -2.22. The SMILES string of the molecule is C[C@]1(c2ccc([N+](=O)[O-])cc2)NC(=O)N(CC(=O)Nc2ccc(N3CCCC3=O)cc2)C1=O. The number of urea groups is 1. The van der Waals surface area contributed by atoms with E-state index in [1.54, 1.807) is 29.2 Å². The molecule has 2 aromatic carbocycles. The average molecular weight is 451 g/mol. The van der Waals surface area contributed by atoms with Crippen LogP contribution in [0.5, 0.6) is 0 Å². The molecule has 2 N–H and O–H groups in total. The van der Waals surface area contributed by atoms with E-state index in [0.29, 0.717) is 24.2 Å². The molecule has 0 unspecified atom stereocenters. The second-order valence-electron chi connectivity index (χ2n) is 7.99. The zero-order chi connectivity index (χ0) is 23.8. The highest BCUT2D eigenvalue weighted by Crippen LogP contribution is 2.30. The molecule has 0 aromatic heterocycles. The van der Waals surface area contributed by atoms with Gasteiger partial charge in [0.2, 0.25) is 11.8 Å². The fraction of sp³-hybridized carbons (Fsp3) is 0.273. The van der Waals surface area contributed by atoms with Gasteiger partial charge in [0, 0.05) is 36.5 Å². The van der Waals surface area contributed by atoms with Crippen molar-refractivity contribution < 1.29 is 24.1 Å². The molecule has 33 heavy (non-hydrogen) atoms. The van der Waals surface area contributed by atoms with Crippen molar-refractivity contribution in [1.82, 2.24) is 10.2 Å². The van der Waals surface area contributed by atoms with E-state index < -0.39 is 34.9 Å². The highest BCUT2D eigenvalue weighted by atomic mass is 16.6. The van der Waals surface area contributed by atoms with Gasteiger partial charge in [-0.3, -0.25) is 29.4 Å². The van der Waals surface area contributed by atoms with Crippen molar-refractivity contribution in [3.05, 3.63) is 64.2 Å². The maximum atomic E-state index is 13.0. The first kappa shape index (κ1) is 21.9. The summed E-state index contributed by atoms with van der Waals surface area (Å²) in [5.74, 6) is -1.16. The van der Waals surface area contributed by atoms with Crippen molar-refractivity contribution in [1.29, 1.82) is 0 Å². The highest BCUT2D eigenvalue weighted by Gasteiger charge is 2.49. The average Bonchev–Trinajstić information content (AvgIpc) is 3.31. The maximum Gasteiger partial charge on any atom is 0.325 e. The summed E-state index contributed by atoms with van der Waals surface area (Å²) < 4.78 is 0. The molecule has 11 heteroatoms. The third kappa shape index (κ3) is 4.12. The number of non-ortho nitro benzene ring substituents is 1. The molecule has 2 heterocycles. The van der Waals surface area contributed by atoms with Crippen LogP contribution >= 0.6 is 0 Å². The van der Waals surface area contributed by atoms with Crippen molar-refractivity contribution in [3.63, 3.8) is 0 Å². The zero-order valence-electron chi connectivity index (χ0n) is 17.7. The predicted octanol–water partition coefficient (Wildman–Crippen LogP) is 2.13. The van der Waals surface area contributed by atoms with Crippen LogP contribution in [-0.2, 0) is 19.9 Å². The van der Waals surface area contributed by atoms with Gasteiger partial charge in [-0.2, -0.15) is 0 Å². The molecule has 2 fully saturated rings. The number of rotatable bonds is 6. The van der Waals surface area contributed by atoms with E-state index in [1.165, 1.54) is 31.2 Å². The number of carbonyl (C=O) groups is 4. The van der Waals surface area contributed by atoms with Gasteiger partial charge in [-0.25, -0.2) is 4.79 Å². The number of hydrogen-bond donors (Lipinski definition) is 2. The standard InChI is InChI=1S/C22H21N5O6/c1-22(14-4-8-17(9-5-14)27(32)33)20(30)26(21(31)24-22)13-18(28)23-15-6-10-16(11-7-15)25-12-2-3-19(25)29/h4-11H,2-3,12-13H2,1H3,(H,23,28)(H,24,31)/t22-/m1/s1. The Balaban J connectivity index is 1.41. The fourth-order valence-corrected chi connectivity index (χ4v) is 3.94. The lowest BCUT2D eigenvalue weighted by atomic mass is 9.92. The minimum absolute atomic E-state index is 0.0569. The van der Waals surface area contributed by atoms with Gasteiger partial charge in [0.15, 0.2) is 0 Å². The van der Waals surface area contributed by atoms with E-state index in [0.717, 1.165) is 17.0 Å². The third-order valence-electron chi connectivity index (χ3n) is 5.77.